The number of methoxy groups -OCH3 is 1. The number of para-hydroxylation sites is 1. The molecule has 1 aromatic rings. The van der Waals surface area contributed by atoms with Crippen LogP contribution in [0.5, 0.6) is 5.75 Å². The van der Waals surface area contributed by atoms with Crippen LogP contribution in [0.15, 0.2) is 24.3 Å². The first kappa shape index (κ1) is 17.4. The molecule has 0 saturated heterocycles. The summed E-state index contributed by atoms with van der Waals surface area (Å²) in [6.07, 6.45) is 7.48. The molecule has 0 aliphatic rings. The first-order chi connectivity index (χ1) is 9.74. The van der Waals surface area contributed by atoms with Gasteiger partial charge in [-0.05, 0) is 36.3 Å². The van der Waals surface area contributed by atoms with E-state index in [2.05, 4.69) is 26.0 Å². The summed E-state index contributed by atoms with van der Waals surface area (Å²) in [5.41, 5.74) is 1.28. The maximum absolute atomic E-state index is 6.21. The van der Waals surface area contributed by atoms with Crippen LogP contribution in [0.2, 0.25) is 0 Å². The summed E-state index contributed by atoms with van der Waals surface area (Å²) in [5.74, 6) is 3.09. The number of rotatable bonds is 10. The number of hydrogen-bond donors (Lipinski definition) is 0. The Kier molecular flexibility index (Phi) is 8.77. The maximum Gasteiger partial charge on any atom is 0.122 e. The van der Waals surface area contributed by atoms with Gasteiger partial charge < -0.3 is 4.74 Å². The first-order valence-electron chi connectivity index (χ1n) is 7.92. The number of unbranched alkanes of at least 4 members (excludes halogenated alkanes) is 1. The van der Waals surface area contributed by atoms with Crippen molar-refractivity contribution < 1.29 is 4.74 Å². The van der Waals surface area contributed by atoms with Crippen molar-refractivity contribution >= 4 is 11.6 Å². The minimum Gasteiger partial charge on any atom is -0.496 e. The van der Waals surface area contributed by atoms with Crippen LogP contribution in [0.3, 0.4) is 0 Å². The molecule has 114 valence electrons. The topological polar surface area (TPSA) is 9.23 Å². The Morgan fingerprint density at radius 1 is 1.15 bits per heavy atom. The molecule has 1 rings (SSSR count). The van der Waals surface area contributed by atoms with Gasteiger partial charge in [-0.3, -0.25) is 0 Å². The van der Waals surface area contributed by atoms with Crippen LogP contribution in [-0.2, 0) is 6.42 Å². The molecule has 0 saturated carbocycles. The molecule has 2 atom stereocenters. The summed E-state index contributed by atoms with van der Waals surface area (Å²) >= 11 is 6.21. The zero-order valence-electron chi connectivity index (χ0n) is 13.2. The average Bonchev–Trinajstić information content (AvgIpc) is 2.50. The number of halogens is 1. The maximum atomic E-state index is 6.21. The molecule has 0 fully saturated rings. The third-order valence-electron chi connectivity index (χ3n) is 4.13. The van der Waals surface area contributed by atoms with Crippen molar-refractivity contribution in [1.29, 1.82) is 0 Å². The third-order valence-corrected chi connectivity index (χ3v) is 4.57. The van der Waals surface area contributed by atoms with Crippen LogP contribution in [0.25, 0.3) is 0 Å². The SMILES string of the molecule is CCCCC(CC)CC(CCl)Cc1ccccc1OC. The van der Waals surface area contributed by atoms with Crippen LogP contribution in [0, 0.1) is 11.8 Å². The highest BCUT2D eigenvalue weighted by Crippen LogP contribution is 2.28. The zero-order valence-corrected chi connectivity index (χ0v) is 14.0. The van der Waals surface area contributed by atoms with Gasteiger partial charge in [0, 0.05) is 5.88 Å². The van der Waals surface area contributed by atoms with E-state index in [1.165, 1.54) is 37.7 Å². The lowest BCUT2D eigenvalue weighted by Gasteiger charge is -2.22. The third kappa shape index (κ3) is 5.75. The molecule has 2 heteroatoms. The second-order valence-corrected chi connectivity index (χ2v) is 6.00. The minimum atomic E-state index is 0.551. The molecule has 20 heavy (non-hydrogen) atoms. The lowest BCUT2D eigenvalue weighted by molar-refractivity contribution is 0.348. The monoisotopic (exact) mass is 296 g/mol. The van der Waals surface area contributed by atoms with E-state index in [0.29, 0.717) is 5.92 Å². The van der Waals surface area contributed by atoms with E-state index in [9.17, 15) is 0 Å². The molecule has 0 aliphatic heterocycles. The van der Waals surface area contributed by atoms with Gasteiger partial charge in [0.25, 0.3) is 0 Å². The summed E-state index contributed by atoms with van der Waals surface area (Å²) < 4.78 is 5.44. The van der Waals surface area contributed by atoms with Crippen LogP contribution < -0.4 is 4.74 Å². The van der Waals surface area contributed by atoms with Crippen LogP contribution in [0.4, 0.5) is 0 Å². The molecule has 0 N–H and O–H groups in total. The smallest absolute Gasteiger partial charge is 0.122 e. The van der Waals surface area contributed by atoms with Crippen LogP contribution >= 0.6 is 11.6 Å². The second-order valence-electron chi connectivity index (χ2n) is 5.69. The van der Waals surface area contributed by atoms with Crippen molar-refractivity contribution in [2.24, 2.45) is 11.8 Å². The number of hydrogen-bond acceptors (Lipinski definition) is 1. The number of ether oxygens (including phenoxy) is 1. The highest BCUT2D eigenvalue weighted by molar-refractivity contribution is 6.18. The van der Waals surface area contributed by atoms with E-state index in [-0.39, 0.29) is 0 Å². The van der Waals surface area contributed by atoms with Gasteiger partial charge in [-0.25, -0.2) is 0 Å². The Bertz CT molecular complexity index is 364. The number of alkyl halides is 1. The van der Waals surface area contributed by atoms with Gasteiger partial charge in [-0.15, -0.1) is 11.6 Å². The molecule has 0 amide bonds. The van der Waals surface area contributed by atoms with Crippen molar-refractivity contribution in [1.82, 2.24) is 0 Å². The summed E-state index contributed by atoms with van der Waals surface area (Å²) in [6, 6.07) is 8.30. The second kappa shape index (κ2) is 10.1. The molecular weight excluding hydrogens is 268 g/mol. The van der Waals surface area contributed by atoms with E-state index in [4.69, 9.17) is 16.3 Å². The molecule has 0 bridgehead atoms. The van der Waals surface area contributed by atoms with E-state index in [0.717, 1.165) is 24.0 Å². The Morgan fingerprint density at radius 3 is 2.50 bits per heavy atom. The molecular formula is C18H29ClO. The van der Waals surface area contributed by atoms with Crippen LogP contribution in [-0.4, -0.2) is 13.0 Å². The molecule has 0 aliphatic carbocycles. The fourth-order valence-corrected chi connectivity index (χ4v) is 3.07. The van der Waals surface area contributed by atoms with Crippen molar-refractivity contribution in [3.05, 3.63) is 29.8 Å². The highest BCUT2D eigenvalue weighted by atomic mass is 35.5. The lowest BCUT2D eigenvalue weighted by atomic mass is 9.86. The molecule has 0 heterocycles. The van der Waals surface area contributed by atoms with Gasteiger partial charge in [0.1, 0.15) is 5.75 Å². The zero-order chi connectivity index (χ0) is 14.8. The average molecular weight is 297 g/mol. The van der Waals surface area contributed by atoms with Crippen molar-refractivity contribution in [3.8, 4) is 5.75 Å². The lowest BCUT2D eigenvalue weighted by Crippen LogP contribution is -2.13. The molecule has 0 spiro atoms. The van der Waals surface area contributed by atoms with Gasteiger partial charge in [-0.1, -0.05) is 57.7 Å². The predicted molar refractivity (Wildman–Crippen MR) is 88.8 cm³/mol. The summed E-state index contributed by atoms with van der Waals surface area (Å²) in [4.78, 5) is 0. The normalized spacial score (nSPS) is 14.0. The Morgan fingerprint density at radius 2 is 1.90 bits per heavy atom. The fourth-order valence-electron chi connectivity index (χ4n) is 2.84. The van der Waals surface area contributed by atoms with Gasteiger partial charge in [0.15, 0.2) is 0 Å². The Hall–Kier alpha value is -0.690. The minimum absolute atomic E-state index is 0.551. The first-order valence-corrected chi connectivity index (χ1v) is 8.46. The standard InChI is InChI=1S/C18H29ClO/c1-4-6-9-15(5-2)12-16(14-19)13-17-10-7-8-11-18(17)20-3/h7-8,10-11,15-16H,4-6,9,12-14H2,1-3H3. The predicted octanol–water partition coefficient (Wildman–Crippen LogP) is 5.70. The fraction of sp³-hybridized carbons (Fsp3) is 0.667. The van der Waals surface area contributed by atoms with E-state index in [1.807, 2.05) is 12.1 Å². The quantitative estimate of drug-likeness (QED) is 0.503. The van der Waals surface area contributed by atoms with Crippen molar-refractivity contribution in [2.75, 3.05) is 13.0 Å². The van der Waals surface area contributed by atoms with Crippen molar-refractivity contribution in [2.45, 2.75) is 52.4 Å². The molecule has 0 aromatic heterocycles. The molecule has 2 unspecified atom stereocenters. The van der Waals surface area contributed by atoms with E-state index in [1.54, 1.807) is 7.11 Å². The van der Waals surface area contributed by atoms with E-state index < -0.39 is 0 Å². The molecule has 1 nitrogen and oxygen atoms in total. The van der Waals surface area contributed by atoms with E-state index >= 15 is 0 Å². The molecule has 0 radical (unpaired) electrons. The van der Waals surface area contributed by atoms with Gasteiger partial charge >= 0.3 is 0 Å². The Balaban J connectivity index is 2.61. The largest absolute Gasteiger partial charge is 0.496 e. The van der Waals surface area contributed by atoms with Crippen LogP contribution in [0.1, 0.15) is 51.5 Å². The van der Waals surface area contributed by atoms with Gasteiger partial charge in [-0.2, -0.15) is 0 Å². The van der Waals surface area contributed by atoms with Crippen molar-refractivity contribution in [3.63, 3.8) is 0 Å². The summed E-state index contributed by atoms with van der Waals surface area (Å²) in [5, 5.41) is 0. The Labute approximate surface area is 129 Å². The summed E-state index contributed by atoms with van der Waals surface area (Å²) in [7, 11) is 1.74. The highest BCUT2D eigenvalue weighted by Gasteiger charge is 2.16. The molecule has 1 aromatic carbocycles. The van der Waals surface area contributed by atoms with Gasteiger partial charge in [0.05, 0.1) is 7.11 Å². The summed E-state index contributed by atoms with van der Waals surface area (Å²) in [6.45, 7) is 4.56. The number of benzene rings is 1. The van der Waals surface area contributed by atoms with Gasteiger partial charge in [0.2, 0.25) is 0 Å².